The highest BCUT2D eigenvalue weighted by atomic mass is 32.2. The Hall–Kier alpha value is -0.680. The molecule has 0 aliphatic carbocycles. The first-order valence-electron chi connectivity index (χ1n) is 6.17. The Kier molecular flexibility index (Phi) is 5.10. The Morgan fingerprint density at radius 2 is 1.94 bits per heavy atom. The van der Waals surface area contributed by atoms with Gasteiger partial charge in [-0.1, -0.05) is 13.8 Å². The van der Waals surface area contributed by atoms with E-state index < -0.39 is 15.7 Å². The normalized spacial score (nSPS) is 20.8. The Morgan fingerprint density at radius 3 is 2.39 bits per heavy atom. The van der Waals surface area contributed by atoms with Crippen molar-refractivity contribution < 1.29 is 8.42 Å². The van der Waals surface area contributed by atoms with E-state index in [9.17, 15) is 13.7 Å². The predicted octanol–water partition coefficient (Wildman–Crippen LogP) is 0.0544. The quantitative estimate of drug-likeness (QED) is 0.742. The van der Waals surface area contributed by atoms with E-state index in [-0.39, 0.29) is 5.92 Å². The zero-order chi connectivity index (χ0) is 13.8. The van der Waals surface area contributed by atoms with E-state index in [1.807, 2.05) is 20.9 Å². The van der Waals surface area contributed by atoms with Crippen molar-refractivity contribution in [2.45, 2.75) is 32.2 Å². The fourth-order valence-corrected chi connectivity index (χ4v) is 3.20. The van der Waals surface area contributed by atoms with Gasteiger partial charge in [0.1, 0.15) is 5.54 Å². The third-order valence-corrected chi connectivity index (χ3v) is 4.27. The van der Waals surface area contributed by atoms with Gasteiger partial charge in [0.25, 0.3) is 10.2 Å². The van der Waals surface area contributed by atoms with E-state index in [1.165, 1.54) is 0 Å². The first-order chi connectivity index (χ1) is 8.29. The van der Waals surface area contributed by atoms with Crippen molar-refractivity contribution in [1.29, 1.82) is 5.26 Å². The second kappa shape index (κ2) is 5.97. The van der Waals surface area contributed by atoms with Crippen molar-refractivity contribution in [3.05, 3.63) is 0 Å². The van der Waals surface area contributed by atoms with Crippen molar-refractivity contribution in [1.82, 2.24) is 14.3 Å². The summed E-state index contributed by atoms with van der Waals surface area (Å²) in [7, 11) is -1.64. The third kappa shape index (κ3) is 4.53. The lowest BCUT2D eigenvalue weighted by Crippen LogP contribution is -2.56. The Balaban J connectivity index is 2.66. The second-order valence-corrected chi connectivity index (χ2v) is 6.84. The molecule has 1 rings (SSSR count). The zero-order valence-electron chi connectivity index (χ0n) is 11.2. The van der Waals surface area contributed by atoms with E-state index >= 15 is 0 Å². The third-order valence-electron chi connectivity index (χ3n) is 3.07. The molecule has 0 spiro atoms. The van der Waals surface area contributed by atoms with Crippen molar-refractivity contribution in [2.75, 3.05) is 26.7 Å². The number of nitrogens with one attached hydrogen (secondary N) is 2. The average molecular weight is 274 g/mol. The molecule has 0 amide bonds. The van der Waals surface area contributed by atoms with Gasteiger partial charge in [-0.3, -0.25) is 0 Å². The van der Waals surface area contributed by atoms with Gasteiger partial charge in [0.2, 0.25) is 0 Å². The average Bonchev–Trinajstić information content (AvgIpc) is 2.30. The summed E-state index contributed by atoms with van der Waals surface area (Å²) in [5, 5.41) is 9.25. The highest BCUT2D eigenvalue weighted by Crippen LogP contribution is 2.21. The number of piperidine rings is 1. The minimum Gasteiger partial charge on any atom is -0.306 e. The van der Waals surface area contributed by atoms with Gasteiger partial charge in [0.15, 0.2) is 0 Å². The molecule has 0 atom stereocenters. The fourth-order valence-electron chi connectivity index (χ4n) is 1.81. The summed E-state index contributed by atoms with van der Waals surface area (Å²) in [5.41, 5.74) is -0.963. The molecule has 1 fully saturated rings. The maximum absolute atomic E-state index is 11.9. The van der Waals surface area contributed by atoms with Crippen LogP contribution in [0.3, 0.4) is 0 Å². The standard InChI is InChI=1S/C11H22N4O2S/c1-10(2)8-13-18(16,17)14-11(9-12)4-6-15(3)7-5-11/h10,13-14H,4-8H2,1-3H3. The molecule has 0 aromatic carbocycles. The summed E-state index contributed by atoms with van der Waals surface area (Å²) < 4.78 is 28.7. The van der Waals surface area contributed by atoms with Gasteiger partial charge in [0.05, 0.1) is 6.07 Å². The molecular formula is C11H22N4O2S. The summed E-state index contributed by atoms with van der Waals surface area (Å²) in [6.45, 7) is 5.67. The van der Waals surface area contributed by atoms with E-state index in [0.717, 1.165) is 13.1 Å². The molecule has 1 heterocycles. The van der Waals surface area contributed by atoms with Gasteiger partial charge < -0.3 is 4.90 Å². The molecule has 1 aliphatic rings. The second-order valence-electron chi connectivity index (χ2n) is 5.34. The molecule has 1 saturated heterocycles. The monoisotopic (exact) mass is 274 g/mol. The summed E-state index contributed by atoms with van der Waals surface area (Å²) in [6, 6.07) is 2.12. The van der Waals surface area contributed by atoms with Crippen molar-refractivity contribution in [3.63, 3.8) is 0 Å². The Morgan fingerprint density at radius 1 is 1.39 bits per heavy atom. The van der Waals surface area contributed by atoms with Crippen molar-refractivity contribution in [2.24, 2.45) is 5.92 Å². The topological polar surface area (TPSA) is 85.2 Å². The van der Waals surface area contributed by atoms with Gasteiger partial charge in [-0.2, -0.15) is 18.4 Å². The molecule has 0 unspecified atom stereocenters. The van der Waals surface area contributed by atoms with Crippen LogP contribution in [0.15, 0.2) is 0 Å². The molecule has 18 heavy (non-hydrogen) atoms. The number of nitriles is 1. The number of hydrogen-bond donors (Lipinski definition) is 2. The number of likely N-dealkylation sites (tertiary alicyclic amines) is 1. The largest absolute Gasteiger partial charge is 0.306 e. The van der Waals surface area contributed by atoms with Gasteiger partial charge in [0, 0.05) is 19.6 Å². The van der Waals surface area contributed by atoms with Crippen LogP contribution in [0.4, 0.5) is 0 Å². The molecule has 7 heteroatoms. The molecule has 0 bridgehead atoms. The van der Waals surface area contributed by atoms with E-state index in [4.69, 9.17) is 0 Å². The first kappa shape index (κ1) is 15.4. The number of rotatable bonds is 5. The summed E-state index contributed by atoms with van der Waals surface area (Å²) in [6.07, 6.45) is 1.03. The SMILES string of the molecule is CC(C)CNS(=O)(=O)NC1(C#N)CCN(C)CC1. The van der Waals surface area contributed by atoms with Gasteiger partial charge in [-0.15, -0.1) is 0 Å². The van der Waals surface area contributed by atoms with Crippen LogP contribution in [0.25, 0.3) is 0 Å². The maximum atomic E-state index is 11.9. The van der Waals surface area contributed by atoms with Crippen LogP contribution in [-0.2, 0) is 10.2 Å². The lowest BCUT2D eigenvalue weighted by Gasteiger charge is -2.35. The smallest absolute Gasteiger partial charge is 0.278 e. The first-order valence-corrected chi connectivity index (χ1v) is 7.65. The minimum absolute atomic E-state index is 0.233. The lowest BCUT2D eigenvalue weighted by atomic mass is 9.91. The molecule has 104 valence electrons. The molecule has 2 N–H and O–H groups in total. The zero-order valence-corrected chi connectivity index (χ0v) is 12.0. The Bertz CT molecular complexity index is 405. The van der Waals surface area contributed by atoms with Crippen LogP contribution in [0.2, 0.25) is 0 Å². The van der Waals surface area contributed by atoms with Crippen LogP contribution in [-0.4, -0.2) is 45.5 Å². The predicted molar refractivity (Wildman–Crippen MR) is 70.0 cm³/mol. The molecule has 0 saturated carbocycles. The molecule has 0 aromatic heterocycles. The summed E-state index contributed by atoms with van der Waals surface area (Å²) >= 11 is 0. The molecule has 6 nitrogen and oxygen atoms in total. The molecule has 0 radical (unpaired) electrons. The summed E-state index contributed by atoms with van der Waals surface area (Å²) in [4.78, 5) is 2.09. The number of hydrogen-bond acceptors (Lipinski definition) is 4. The fraction of sp³-hybridized carbons (Fsp3) is 0.909. The Labute approximate surface area is 110 Å². The van der Waals surface area contributed by atoms with Crippen LogP contribution < -0.4 is 9.44 Å². The van der Waals surface area contributed by atoms with E-state index in [0.29, 0.717) is 19.4 Å². The molecular weight excluding hydrogens is 252 g/mol. The van der Waals surface area contributed by atoms with Crippen LogP contribution in [0.1, 0.15) is 26.7 Å². The van der Waals surface area contributed by atoms with Crippen LogP contribution in [0, 0.1) is 17.2 Å². The van der Waals surface area contributed by atoms with E-state index in [1.54, 1.807) is 0 Å². The summed E-state index contributed by atoms with van der Waals surface area (Å²) in [5.74, 6) is 0.233. The number of nitrogens with zero attached hydrogens (tertiary/aromatic N) is 2. The van der Waals surface area contributed by atoms with Crippen molar-refractivity contribution in [3.8, 4) is 6.07 Å². The highest BCUT2D eigenvalue weighted by molar-refractivity contribution is 7.87. The van der Waals surface area contributed by atoms with Gasteiger partial charge >= 0.3 is 0 Å². The van der Waals surface area contributed by atoms with Crippen LogP contribution in [0.5, 0.6) is 0 Å². The van der Waals surface area contributed by atoms with E-state index in [2.05, 4.69) is 20.4 Å². The van der Waals surface area contributed by atoms with Crippen molar-refractivity contribution >= 4 is 10.2 Å². The lowest BCUT2D eigenvalue weighted by molar-refractivity contribution is 0.213. The van der Waals surface area contributed by atoms with Crippen LogP contribution >= 0.6 is 0 Å². The minimum atomic E-state index is -3.61. The van der Waals surface area contributed by atoms with Gasteiger partial charge in [-0.25, -0.2) is 4.72 Å². The molecule has 1 aliphatic heterocycles. The maximum Gasteiger partial charge on any atom is 0.278 e. The molecule has 0 aromatic rings. The highest BCUT2D eigenvalue weighted by Gasteiger charge is 2.37. The van der Waals surface area contributed by atoms with Gasteiger partial charge in [-0.05, 0) is 25.8 Å².